The maximum Gasteiger partial charge on any atom is 0.264 e. The van der Waals surface area contributed by atoms with Crippen molar-refractivity contribution in [3.05, 3.63) is 58.8 Å². The number of allylic oxidation sites excluding steroid dienone is 2. The van der Waals surface area contributed by atoms with E-state index >= 15 is 0 Å². The molecule has 1 aliphatic rings. The Morgan fingerprint density at radius 1 is 0.900 bits per heavy atom. The van der Waals surface area contributed by atoms with Crippen molar-refractivity contribution < 1.29 is 39.3 Å². The topological polar surface area (TPSA) is 57.6 Å². The summed E-state index contributed by atoms with van der Waals surface area (Å²) >= 11 is 0. The highest BCUT2D eigenvalue weighted by molar-refractivity contribution is 7.85. The molecule has 1 aliphatic heterocycles. The zero-order chi connectivity index (χ0) is 22.5. The van der Waals surface area contributed by atoms with Crippen molar-refractivity contribution in [3.63, 3.8) is 0 Å². The molecule has 1 heterocycles. The van der Waals surface area contributed by atoms with Crippen LogP contribution in [0.15, 0.2) is 18.4 Å². The Balaban J connectivity index is 2.23. The molecule has 2 aromatic rings. The molecular formula is C19H15F6NO3S. The summed E-state index contributed by atoms with van der Waals surface area (Å²) in [5, 5.41) is -2.36. The molecule has 0 aliphatic carbocycles. The number of nitrogens with zero attached hydrogens (tertiary/aromatic N) is 1. The summed E-state index contributed by atoms with van der Waals surface area (Å²) in [5.41, 5.74) is -0.720. The Kier molecular flexibility index (Phi) is 5.63. The van der Waals surface area contributed by atoms with E-state index < -0.39 is 72.8 Å². The molecule has 4 nitrogen and oxygen atoms in total. The zero-order valence-electron chi connectivity index (χ0n) is 15.5. The number of hydrogen-bond acceptors (Lipinski definition) is 3. The lowest BCUT2D eigenvalue weighted by Gasteiger charge is -2.31. The van der Waals surface area contributed by atoms with Crippen LogP contribution in [0.5, 0.6) is 0 Å². The van der Waals surface area contributed by atoms with Crippen LogP contribution in [0.3, 0.4) is 0 Å². The molecule has 0 unspecified atom stereocenters. The number of hydrogen-bond donors (Lipinski definition) is 1. The molecule has 0 aromatic heterocycles. The molecule has 3 rings (SSSR count). The van der Waals surface area contributed by atoms with Gasteiger partial charge in [-0.1, -0.05) is 6.58 Å². The van der Waals surface area contributed by atoms with Crippen molar-refractivity contribution in [1.82, 2.24) is 0 Å². The van der Waals surface area contributed by atoms with Gasteiger partial charge >= 0.3 is 0 Å². The Bertz CT molecular complexity index is 1220. The van der Waals surface area contributed by atoms with Gasteiger partial charge in [-0.25, -0.2) is 26.3 Å². The largest absolute Gasteiger partial charge is 0.345 e. The molecule has 1 N–H and O–H groups in total. The molecular weight excluding hydrogens is 436 g/mol. The van der Waals surface area contributed by atoms with Gasteiger partial charge in [0.25, 0.3) is 10.1 Å². The van der Waals surface area contributed by atoms with E-state index in [9.17, 15) is 34.8 Å². The van der Waals surface area contributed by atoms with E-state index in [0.29, 0.717) is 5.57 Å². The third-order valence-corrected chi connectivity index (χ3v) is 5.64. The van der Waals surface area contributed by atoms with Gasteiger partial charge in [-0.05, 0) is 30.9 Å². The molecule has 0 saturated heterocycles. The third kappa shape index (κ3) is 3.56. The number of fused-ring (bicyclic) bond motifs is 3. The van der Waals surface area contributed by atoms with Crippen LogP contribution >= 0.6 is 0 Å². The van der Waals surface area contributed by atoms with Crippen molar-refractivity contribution in [2.24, 2.45) is 0 Å². The van der Waals surface area contributed by atoms with Gasteiger partial charge in [-0.2, -0.15) is 8.42 Å². The summed E-state index contributed by atoms with van der Waals surface area (Å²) in [6.07, 6.45) is 1.39. The number of rotatable bonds is 5. The Hall–Kier alpha value is -2.53. The van der Waals surface area contributed by atoms with E-state index in [2.05, 4.69) is 6.58 Å². The molecule has 162 valence electrons. The van der Waals surface area contributed by atoms with Crippen LogP contribution in [0, 0.1) is 34.9 Å². The van der Waals surface area contributed by atoms with Crippen LogP contribution in [0.2, 0.25) is 0 Å². The van der Waals surface area contributed by atoms with Gasteiger partial charge < -0.3 is 4.90 Å². The van der Waals surface area contributed by atoms with E-state index in [0.717, 1.165) is 4.90 Å². The highest BCUT2D eigenvalue weighted by Gasteiger charge is 2.34. The molecule has 0 spiro atoms. The third-order valence-electron chi connectivity index (χ3n) is 4.84. The maximum absolute atomic E-state index is 14.9. The van der Waals surface area contributed by atoms with E-state index in [1.807, 2.05) is 0 Å². The summed E-state index contributed by atoms with van der Waals surface area (Å²) < 4.78 is 116. The minimum Gasteiger partial charge on any atom is -0.345 e. The fourth-order valence-electron chi connectivity index (χ4n) is 3.39. The molecule has 0 bridgehead atoms. The van der Waals surface area contributed by atoms with E-state index in [-0.39, 0.29) is 25.0 Å². The molecule has 0 radical (unpaired) electrons. The quantitative estimate of drug-likeness (QED) is 0.227. The summed E-state index contributed by atoms with van der Waals surface area (Å²) in [6, 6.07) is 0. The monoisotopic (exact) mass is 451 g/mol. The number of unbranched alkanes of at least 4 members (excludes halogenated alkanes) is 1. The van der Waals surface area contributed by atoms with Crippen LogP contribution in [0.25, 0.3) is 16.3 Å². The molecule has 11 heteroatoms. The lowest BCUT2D eigenvalue weighted by Crippen LogP contribution is -2.25. The van der Waals surface area contributed by atoms with Crippen LogP contribution < -0.4 is 4.90 Å². The highest BCUT2D eigenvalue weighted by atomic mass is 32.2. The first-order valence-corrected chi connectivity index (χ1v) is 10.2. The van der Waals surface area contributed by atoms with Crippen molar-refractivity contribution in [3.8, 4) is 0 Å². The van der Waals surface area contributed by atoms with Crippen molar-refractivity contribution >= 4 is 32.2 Å². The first-order valence-electron chi connectivity index (χ1n) is 8.63. The fraction of sp³-hybridized carbons (Fsp3) is 0.263. The van der Waals surface area contributed by atoms with Gasteiger partial charge in [-0.15, -0.1) is 0 Å². The average Bonchev–Trinajstić information content (AvgIpc) is 2.66. The summed E-state index contributed by atoms with van der Waals surface area (Å²) in [4.78, 5) is 1.12. The van der Waals surface area contributed by atoms with E-state index in [1.54, 1.807) is 0 Å². The van der Waals surface area contributed by atoms with Crippen LogP contribution in [-0.4, -0.2) is 25.3 Å². The van der Waals surface area contributed by atoms with Gasteiger partial charge in [0.2, 0.25) is 0 Å². The maximum atomic E-state index is 14.9. The standard InChI is InChI=1S/C19H15F6NO3S/c1-8-7-26(5-3-4-6-30(27,28)29)19-10(9(8)2)11-12(15(22)18(19)25)14(21)17(24)16(23)13(11)20/h7H,2-6H2,1H3,(H,27,28,29). The normalized spacial score (nSPS) is 14.3. The predicted molar refractivity (Wildman–Crippen MR) is 99.5 cm³/mol. The smallest absolute Gasteiger partial charge is 0.264 e. The Morgan fingerprint density at radius 2 is 1.43 bits per heavy atom. The second kappa shape index (κ2) is 7.62. The molecule has 0 amide bonds. The summed E-state index contributed by atoms with van der Waals surface area (Å²) in [7, 11) is -4.22. The SMILES string of the molecule is C=C1C(C)=CN(CCCCS(=O)(=O)O)c2c(F)c(F)c3c(F)c(F)c(F)c(F)c3c21. The molecule has 2 aromatic carbocycles. The Morgan fingerprint density at radius 3 is 2.00 bits per heavy atom. The van der Waals surface area contributed by atoms with Crippen molar-refractivity contribution in [1.29, 1.82) is 0 Å². The molecule has 0 fully saturated rings. The second-order valence-electron chi connectivity index (χ2n) is 6.83. The minimum atomic E-state index is -4.22. The Labute approximate surface area is 167 Å². The molecule has 0 atom stereocenters. The van der Waals surface area contributed by atoms with Crippen LogP contribution in [-0.2, 0) is 10.1 Å². The molecule has 30 heavy (non-hydrogen) atoms. The first kappa shape index (κ1) is 22.2. The van der Waals surface area contributed by atoms with E-state index in [1.165, 1.54) is 13.1 Å². The lowest BCUT2D eigenvalue weighted by molar-refractivity contribution is 0.414. The fourth-order valence-corrected chi connectivity index (χ4v) is 3.96. The number of benzene rings is 2. The van der Waals surface area contributed by atoms with Gasteiger partial charge in [0.05, 0.1) is 16.8 Å². The van der Waals surface area contributed by atoms with Crippen LogP contribution in [0.1, 0.15) is 25.3 Å². The van der Waals surface area contributed by atoms with Gasteiger partial charge in [0.1, 0.15) is 0 Å². The minimum absolute atomic E-state index is 0.0288. The van der Waals surface area contributed by atoms with Gasteiger partial charge in [-0.3, -0.25) is 4.55 Å². The highest BCUT2D eigenvalue weighted by Crippen LogP contribution is 2.46. The second-order valence-corrected chi connectivity index (χ2v) is 8.41. The summed E-state index contributed by atoms with van der Waals surface area (Å²) in [5.74, 6) is -12.5. The van der Waals surface area contributed by atoms with Crippen molar-refractivity contribution in [2.75, 3.05) is 17.2 Å². The molecule has 0 saturated carbocycles. The van der Waals surface area contributed by atoms with Crippen LogP contribution in [0.4, 0.5) is 32.0 Å². The van der Waals surface area contributed by atoms with Gasteiger partial charge in [0.15, 0.2) is 34.9 Å². The number of halogens is 6. The summed E-state index contributed by atoms with van der Waals surface area (Å²) in [6.45, 7) is 5.03. The lowest BCUT2D eigenvalue weighted by atomic mass is 9.89. The van der Waals surface area contributed by atoms with Crippen molar-refractivity contribution in [2.45, 2.75) is 19.8 Å². The average molecular weight is 451 g/mol. The first-order chi connectivity index (χ1) is 13.9. The van der Waals surface area contributed by atoms with E-state index in [4.69, 9.17) is 4.55 Å². The number of anilines is 1. The zero-order valence-corrected chi connectivity index (χ0v) is 16.3. The van der Waals surface area contributed by atoms with Gasteiger partial charge in [0, 0.05) is 23.7 Å². The predicted octanol–water partition coefficient (Wildman–Crippen LogP) is 5.08.